The van der Waals surface area contributed by atoms with Crippen LogP contribution in [-0.2, 0) is 12.8 Å². The van der Waals surface area contributed by atoms with Crippen molar-refractivity contribution in [1.82, 2.24) is 24.9 Å². The third-order valence-electron chi connectivity index (χ3n) is 5.69. The summed E-state index contributed by atoms with van der Waals surface area (Å²) >= 11 is 1.56. The summed E-state index contributed by atoms with van der Waals surface area (Å²) < 4.78 is 9.72. The lowest BCUT2D eigenvalue weighted by Crippen LogP contribution is -2.47. The number of aryl methyl sites for hydroxylation is 1. The molecule has 8 heteroatoms. The summed E-state index contributed by atoms with van der Waals surface area (Å²) in [7, 11) is 1.71. The molecule has 2 saturated heterocycles. The lowest BCUT2D eigenvalue weighted by atomic mass is 10.1. The van der Waals surface area contributed by atoms with Crippen molar-refractivity contribution in [2.24, 2.45) is 0 Å². The van der Waals surface area contributed by atoms with E-state index < -0.39 is 0 Å². The molecule has 0 bridgehead atoms. The van der Waals surface area contributed by atoms with Gasteiger partial charge in [0.15, 0.2) is 0 Å². The molecule has 0 atom stereocenters. The number of rotatable bonds is 8. The highest BCUT2D eigenvalue weighted by atomic mass is 32.1. The molecule has 2 aliphatic rings. The Morgan fingerprint density at radius 3 is 2.23 bits per heavy atom. The standard InChI is InChI=1S/C19H28N4OS.C4H10N2/c1-3-4-5-18-20-19(25-21-18)23-14-12-22(13-15-23)11-10-16-6-8-17(24-2)9-7-16;1-2-6-4-3-5-1/h6-9H,3-5,10-15H2,1-2H3;5-6H,1-4H2. The van der Waals surface area contributed by atoms with Crippen molar-refractivity contribution in [1.29, 1.82) is 0 Å². The molecule has 0 aliphatic carbocycles. The van der Waals surface area contributed by atoms with Crippen LogP contribution in [0.3, 0.4) is 0 Å². The molecule has 0 amide bonds. The first-order chi connectivity index (χ1) is 15.3. The van der Waals surface area contributed by atoms with Crippen LogP contribution in [0.4, 0.5) is 5.13 Å². The van der Waals surface area contributed by atoms with Crippen molar-refractivity contribution in [2.45, 2.75) is 32.6 Å². The molecule has 0 radical (unpaired) electrons. The first kappa shape index (κ1) is 23.9. The summed E-state index contributed by atoms with van der Waals surface area (Å²) in [5, 5.41) is 7.54. The van der Waals surface area contributed by atoms with Crippen LogP contribution in [0.5, 0.6) is 5.75 Å². The lowest BCUT2D eigenvalue weighted by molar-refractivity contribution is 0.261. The SMILES string of the molecule is C1CNCCN1.CCCCc1nsc(N2CCN(CCc3ccc(OC)cc3)CC2)n1. The number of ether oxygens (including phenoxy) is 1. The zero-order chi connectivity index (χ0) is 21.7. The van der Waals surface area contributed by atoms with Gasteiger partial charge in [0.05, 0.1) is 7.11 Å². The fourth-order valence-corrected chi connectivity index (χ4v) is 4.42. The Morgan fingerprint density at radius 1 is 0.968 bits per heavy atom. The Labute approximate surface area is 191 Å². The second-order valence-electron chi connectivity index (χ2n) is 8.02. The van der Waals surface area contributed by atoms with Crippen molar-refractivity contribution >= 4 is 16.7 Å². The highest BCUT2D eigenvalue weighted by molar-refractivity contribution is 7.09. The predicted octanol–water partition coefficient (Wildman–Crippen LogP) is 2.43. The van der Waals surface area contributed by atoms with Gasteiger partial charge in [-0.1, -0.05) is 25.5 Å². The number of nitrogens with one attached hydrogen (secondary N) is 2. The number of unbranched alkanes of at least 4 members (excludes halogenated alkanes) is 1. The molecule has 2 aliphatic heterocycles. The number of methoxy groups -OCH3 is 1. The predicted molar refractivity (Wildman–Crippen MR) is 130 cm³/mol. The molecule has 2 aromatic rings. The van der Waals surface area contributed by atoms with Gasteiger partial charge >= 0.3 is 0 Å². The molecule has 1 aromatic carbocycles. The molecule has 7 nitrogen and oxygen atoms in total. The quantitative estimate of drug-likeness (QED) is 0.646. The van der Waals surface area contributed by atoms with Crippen LogP contribution >= 0.6 is 11.5 Å². The zero-order valence-electron chi connectivity index (χ0n) is 19.1. The number of anilines is 1. The average molecular weight is 447 g/mol. The van der Waals surface area contributed by atoms with E-state index in [0.717, 1.165) is 88.4 Å². The first-order valence-electron chi connectivity index (χ1n) is 11.6. The van der Waals surface area contributed by atoms with Crippen LogP contribution in [0.1, 0.15) is 31.2 Å². The monoisotopic (exact) mass is 446 g/mol. The van der Waals surface area contributed by atoms with Gasteiger partial charge in [-0.3, -0.25) is 4.90 Å². The number of aromatic nitrogens is 2. The number of benzene rings is 1. The van der Waals surface area contributed by atoms with Crippen molar-refractivity contribution in [2.75, 3.05) is 70.9 Å². The van der Waals surface area contributed by atoms with Gasteiger partial charge in [0.1, 0.15) is 11.6 Å². The highest BCUT2D eigenvalue weighted by Crippen LogP contribution is 2.20. The number of piperazine rings is 2. The summed E-state index contributed by atoms with van der Waals surface area (Å²) in [4.78, 5) is 9.64. The third kappa shape index (κ3) is 8.37. The van der Waals surface area contributed by atoms with Gasteiger partial charge < -0.3 is 20.3 Å². The molecule has 2 N–H and O–H groups in total. The maximum atomic E-state index is 5.21. The largest absolute Gasteiger partial charge is 0.497 e. The van der Waals surface area contributed by atoms with Crippen molar-refractivity contribution in [3.63, 3.8) is 0 Å². The Balaban J connectivity index is 0.000000391. The van der Waals surface area contributed by atoms with Gasteiger partial charge in [-0.15, -0.1) is 0 Å². The second kappa shape index (κ2) is 13.6. The van der Waals surface area contributed by atoms with Crippen LogP contribution in [0.15, 0.2) is 24.3 Å². The van der Waals surface area contributed by atoms with Gasteiger partial charge in [0.25, 0.3) is 0 Å². The van der Waals surface area contributed by atoms with Gasteiger partial charge in [-0.2, -0.15) is 4.37 Å². The van der Waals surface area contributed by atoms with Crippen molar-refractivity contribution in [3.05, 3.63) is 35.7 Å². The van der Waals surface area contributed by atoms with Gasteiger partial charge in [-0.25, -0.2) is 4.98 Å². The van der Waals surface area contributed by atoms with E-state index >= 15 is 0 Å². The van der Waals surface area contributed by atoms with Gasteiger partial charge in [0, 0.05) is 76.9 Å². The molecule has 1 aromatic heterocycles. The van der Waals surface area contributed by atoms with Gasteiger partial charge in [0.2, 0.25) is 5.13 Å². The summed E-state index contributed by atoms with van der Waals surface area (Å²) in [5.74, 6) is 1.94. The molecular formula is C23H38N6OS. The molecule has 0 saturated carbocycles. The third-order valence-corrected chi connectivity index (χ3v) is 6.50. The van der Waals surface area contributed by atoms with Crippen LogP contribution in [-0.4, -0.2) is 80.3 Å². The fourth-order valence-electron chi connectivity index (χ4n) is 3.66. The van der Waals surface area contributed by atoms with Crippen LogP contribution < -0.4 is 20.3 Å². The Bertz CT molecular complexity index is 714. The van der Waals surface area contributed by atoms with E-state index in [1.165, 1.54) is 18.4 Å². The molecule has 2 fully saturated rings. The van der Waals surface area contributed by atoms with E-state index in [2.05, 4.69) is 43.9 Å². The Morgan fingerprint density at radius 2 is 1.65 bits per heavy atom. The molecular weight excluding hydrogens is 408 g/mol. The van der Waals surface area contributed by atoms with E-state index in [4.69, 9.17) is 9.72 Å². The number of hydrogen-bond acceptors (Lipinski definition) is 8. The van der Waals surface area contributed by atoms with E-state index in [1.807, 2.05) is 12.1 Å². The summed E-state index contributed by atoms with van der Waals surface area (Å²) in [6, 6.07) is 8.40. The van der Waals surface area contributed by atoms with E-state index in [-0.39, 0.29) is 0 Å². The van der Waals surface area contributed by atoms with E-state index in [1.54, 1.807) is 18.6 Å². The van der Waals surface area contributed by atoms with Crippen molar-refractivity contribution in [3.8, 4) is 5.75 Å². The minimum absolute atomic E-state index is 0.924. The van der Waals surface area contributed by atoms with Crippen molar-refractivity contribution < 1.29 is 4.74 Å². The zero-order valence-corrected chi connectivity index (χ0v) is 19.9. The van der Waals surface area contributed by atoms with E-state index in [9.17, 15) is 0 Å². The van der Waals surface area contributed by atoms with Gasteiger partial charge in [-0.05, 0) is 30.5 Å². The molecule has 3 heterocycles. The number of hydrogen-bond donors (Lipinski definition) is 2. The topological polar surface area (TPSA) is 65.6 Å². The molecule has 0 spiro atoms. The number of nitrogens with zero attached hydrogens (tertiary/aromatic N) is 4. The lowest BCUT2D eigenvalue weighted by Gasteiger charge is -2.34. The fraction of sp³-hybridized carbons (Fsp3) is 0.652. The Hall–Kier alpha value is -1.74. The van der Waals surface area contributed by atoms with Crippen LogP contribution in [0.2, 0.25) is 0 Å². The summed E-state index contributed by atoms with van der Waals surface area (Å²) in [5.41, 5.74) is 1.37. The summed E-state index contributed by atoms with van der Waals surface area (Å²) in [6.45, 7) is 12.2. The Kier molecular flexibility index (Phi) is 10.5. The average Bonchev–Trinajstić information content (AvgIpc) is 3.32. The van der Waals surface area contributed by atoms with Crippen LogP contribution in [0, 0.1) is 0 Å². The first-order valence-corrected chi connectivity index (χ1v) is 12.4. The molecule has 4 rings (SSSR count). The minimum Gasteiger partial charge on any atom is -0.497 e. The maximum absolute atomic E-state index is 5.21. The smallest absolute Gasteiger partial charge is 0.205 e. The van der Waals surface area contributed by atoms with Crippen LogP contribution in [0.25, 0.3) is 0 Å². The van der Waals surface area contributed by atoms with E-state index in [0.29, 0.717) is 0 Å². The maximum Gasteiger partial charge on any atom is 0.205 e. The molecule has 172 valence electrons. The summed E-state index contributed by atoms with van der Waals surface area (Å²) in [6.07, 6.45) is 4.47. The molecule has 0 unspecified atom stereocenters. The second-order valence-corrected chi connectivity index (χ2v) is 8.75. The minimum atomic E-state index is 0.924. The highest BCUT2D eigenvalue weighted by Gasteiger charge is 2.19. The normalized spacial score (nSPS) is 17.2. The molecule has 31 heavy (non-hydrogen) atoms.